The fourth-order valence-electron chi connectivity index (χ4n) is 2.04. The molecule has 2 atom stereocenters. The number of hydrogen-bond donors (Lipinski definition) is 1. The van der Waals surface area contributed by atoms with E-state index in [9.17, 15) is 5.11 Å². The first kappa shape index (κ1) is 11.0. The molecule has 1 heterocycles. The molecule has 78 valence electrons. The van der Waals surface area contributed by atoms with Gasteiger partial charge in [0.1, 0.15) is 0 Å². The Morgan fingerprint density at radius 2 is 2.15 bits per heavy atom. The van der Waals surface area contributed by atoms with Gasteiger partial charge >= 0.3 is 0 Å². The lowest BCUT2D eigenvalue weighted by Crippen LogP contribution is -2.50. The van der Waals surface area contributed by atoms with Crippen molar-refractivity contribution in [3.8, 4) is 0 Å². The number of rotatable bonds is 3. The Morgan fingerprint density at radius 1 is 1.46 bits per heavy atom. The van der Waals surface area contributed by atoms with Crippen LogP contribution in [0.15, 0.2) is 0 Å². The van der Waals surface area contributed by atoms with Gasteiger partial charge in [-0.25, -0.2) is 0 Å². The predicted molar refractivity (Wildman–Crippen MR) is 52.7 cm³/mol. The lowest BCUT2D eigenvalue weighted by Gasteiger charge is -2.40. The molecule has 1 rings (SSSR count). The van der Waals surface area contributed by atoms with Crippen molar-refractivity contribution in [1.82, 2.24) is 4.90 Å². The van der Waals surface area contributed by atoms with Crippen LogP contribution in [0.25, 0.3) is 0 Å². The van der Waals surface area contributed by atoms with Crippen LogP contribution in [-0.2, 0) is 4.74 Å². The molecule has 1 aliphatic rings. The van der Waals surface area contributed by atoms with E-state index in [1.165, 1.54) is 0 Å². The first-order chi connectivity index (χ1) is 6.19. The van der Waals surface area contributed by atoms with E-state index >= 15 is 0 Å². The molecule has 0 bridgehead atoms. The Balaban J connectivity index is 2.52. The summed E-state index contributed by atoms with van der Waals surface area (Å²) in [6.45, 7) is 5.56. The van der Waals surface area contributed by atoms with E-state index in [2.05, 4.69) is 18.7 Å². The Bertz CT molecular complexity index is 150. The molecule has 1 saturated heterocycles. The molecular formula is C10H21NO2. The summed E-state index contributed by atoms with van der Waals surface area (Å²) in [6, 6.07) is 0.835. The summed E-state index contributed by atoms with van der Waals surface area (Å²) in [4.78, 5) is 2.33. The standard InChI is InChI=1S/C10H21NO2/c1-8(2)11-6-10(13-3)5-4-9(11)7-12/h8-10,12H,4-7H2,1-3H3. The maximum absolute atomic E-state index is 9.19. The Morgan fingerprint density at radius 3 is 2.62 bits per heavy atom. The van der Waals surface area contributed by atoms with Crippen LogP contribution in [0.1, 0.15) is 26.7 Å². The van der Waals surface area contributed by atoms with Crippen molar-refractivity contribution in [1.29, 1.82) is 0 Å². The van der Waals surface area contributed by atoms with E-state index in [1.54, 1.807) is 7.11 Å². The lowest BCUT2D eigenvalue weighted by molar-refractivity contribution is -0.0229. The number of hydrogen-bond acceptors (Lipinski definition) is 3. The van der Waals surface area contributed by atoms with Crippen molar-refractivity contribution in [2.24, 2.45) is 0 Å². The van der Waals surface area contributed by atoms with Crippen LogP contribution >= 0.6 is 0 Å². The third-order valence-electron chi connectivity index (χ3n) is 2.91. The maximum atomic E-state index is 9.19. The molecule has 2 unspecified atom stereocenters. The van der Waals surface area contributed by atoms with Crippen LogP contribution in [-0.4, -0.2) is 48.5 Å². The number of piperidine rings is 1. The maximum Gasteiger partial charge on any atom is 0.0699 e. The molecule has 13 heavy (non-hydrogen) atoms. The van der Waals surface area contributed by atoms with Gasteiger partial charge in [-0.2, -0.15) is 0 Å². The van der Waals surface area contributed by atoms with E-state index in [1.807, 2.05) is 0 Å². The Labute approximate surface area is 80.7 Å². The smallest absolute Gasteiger partial charge is 0.0699 e. The van der Waals surface area contributed by atoms with Gasteiger partial charge in [0.15, 0.2) is 0 Å². The number of aliphatic hydroxyl groups is 1. The fourth-order valence-corrected chi connectivity index (χ4v) is 2.04. The van der Waals surface area contributed by atoms with Gasteiger partial charge in [0.25, 0.3) is 0 Å². The quantitative estimate of drug-likeness (QED) is 0.711. The first-order valence-corrected chi connectivity index (χ1v) is 5.08. The Hall–Kier alpha value is -0.120. The molecule has 0 aromatic carbocycles. The van der Waals surface area contributed by atoms with Gasteiger partial charge in [-0.15, -0.1) is 0 Å². The van der Waals surface area contributed by atoms with Gasteiger partial charge in [-0.1, -0.05) is 0 Å². The summed E-state index contributed by atoms with van der Waals surface area (Å²) in [6.07, 6.45) is 2.48. The van der Waals surface area contributed by atoms with E-state index in [0.29, 0.717) is 18.2 Å². The normalized spacial score (nSPS) is 31.2. The second-order valence-corrected chi connectivity index (χ2v) is 4.06. The van der Waals surface area contributed by atoms with Gasteiger partial charge in [0, 0.05) is 25.7 Å². The first-order valence-electron chi connectivity index (χ1n) is 5.08. The zero-order chi connectivity index (χ0) is 9.84. The zero-order valence-corrected chi connectivity index (χ0v) is 8.86. The largest absolute Gasteiger partial charge is 0.395 e. The highest BCUT2D eigenvalue weighted by Gasteiger charge is 2.28. The molecule has 0 amide bonds. The molecule has 1 fully saturated rings. The minimum atomic E-state index is 0.272. The molecule has 3 heteroatoms. The van der Waals surface area contributed by atoms with Crippen molar-refractivity contribution >= 4 is 0 Å². The molecule has 0 aromatic heterocycles. The van der Waals surface area contributed by atoms with Gasteiger partial charge in [-0.3, -0.25) is 4.90 Å². The van der Waals surface area contributed by atoms with Crippen LogP contribution in [0.2, 0.25) is 0 Å². The summed E-state index contributed by atoms with van der Waals surface area (Å²) >= 11 is 0. The monoisotopic (exact) mass is 187 g/mol. The highest BCUT2D eigenvalue weighted by atomic mass is 16.5. The van der Waals surface area contributed by atoms with Crippen LogP contribution < -0.4 is 0 Å². The van der Waals surface area contributed by atoms with Crippen molar-refractivity contribution in [3.05, 3.63) is 0 Å². The second kappa shape index (κ2) is 4.94. The van der Waals surface area contributed by atoms with Gasteiger partial charge in [-0.05, 0) is 26.7 Å². The number of nitrogens with zero attached hydrogens (tertiary/aromatic N) is 1. The van der Waals surface area contributed by atoms with Gasteiger partial charge < -0.3 is 9.84 Å². The SMILES string of the molecule is COC1CCC(CO)N(C(C)C)C1. The highest BCUT2D eigenvalue weighted by molar-refractivity contribution is 4.83. The third kappa shape index (κ3) is 2.66. The lowest BCUT2D eigenvalue weighted by atomic mass is 9.99. The van der Waals surface area contributed by atoms with Crippen molar-refractivity contribution in [2.75, 3.05) is 20.3 Å². The van der Waals surface area contributed by atoms with Crippen LogP contribution in [0.3, 0.4) is 0 Å². The summed E-state index contributed by atoms with van der Waals surface area (Å²) in [5.41, 5.74) is 0. The number of ether oxygens (including phenoxy) is 1. The number of likely N-dealkylation sites (tertiary alicyclic amines) is 1. The predicted octanol–water partition coefficient (Wildman–Crippen LogP) is 0.866. The summed E-state index contributed by atoms with van der Waals surface area (Å²) in [5, 5.41) is 9.19. The minimum absolute atomic E-state index is 0.272. The molecular weight excluding hydrogens is 166 g/mol. The minimum Gasteiger partial charge on any atom is -0.395 e. The van der Waals surface area contributed by atoms with Crippen LogP contribution in [0.4, 0.5) is 0 Å². The van der Waals surface area contributed by atoms with E-state index in [4.69, 9.17) is 4.74 Å². The van der Waals surface area contributed by atoms with Gasteiger partial charge in [0.2, 0.25) is 0 Å². The van der Waals surface area contributed by atoms with E-state index < -0.39 is 0 Å². The molecule has 0 radical (unpaired) electrons. The molecule has 1 aliphatic heterocycles. The van der Waals surface area contributed by atoms with Crippen molar-refractivity contribution < 1.29 is 9.84 Å². The van der Waals surface area contributed by atoms with Crippen LogP contribution in [0.5, 0.6) is 0 Å². The molecule has 0 aromatic rings. The molecule has 0 spiro atoms. The summed E-state index contributed by atoms with van der Waals surface area (Å²) in [7, 11) is 1.77. The van der Waals surface area contributed by atoms with Crippen molar-refractivity contribution in [2.45, 2.75) is 44.9 Å². The molecule has 3 nitrogen and oxygen atoms in total. The summed E-state index contributed by atoms with van der Waals surface area (Å²) in [5.74, 6) is 0. The number of aliphatic hydroxyl groups excluding tert-OH is 1. The summed E-state index contributed by atoms with van der Waals surface area (Å²) < 4.78 is 5.34. The molecule has 0 saturated carbocycles. The Kier molecular flexibility index (Phi) is 4.16. The van der Waals surface area contributed by atoms with Crippen LogP contribution in [0, 0.1) is 0 Å². The van der Waals surface area contributed by atoms with E-state index in [0.717, 1.165) is 19.4 Å². The molecule has 0 aliphatic carbocycles. The second-order valence-electron chi connectivity index (χ2n) is 4.06. The van der Waals surface area contributed by atoms with Crippen molar-refractivity contribution in [3.63, 3.8) is 0 Å². The third-order valence-corrected chi connectivity index (χ3v) is 2.91. The average Bonchev–Trinajstić information content (AvgIpc) is 2.16. The van der Waals surface area contributed by atoms with E-state index in [-0.39, 0.29) is 6.61 Å². The molecule has 1 N–H and O–H groups in total. The van der Waals surface area contributed by atoms with Gasteiger partial charge in [0.05, 0.1) is 12.7 Å². The fraction of sp³-hybridized carbons (Fsp3) is 1.00. The topological polar surface area (TPSA) is 32.7 Å². The zero-order valence-electron chi connectivity index (χ0n) is 8.86. The highest BCUT2D eigenvalue weighted by Crippen LogP contribution is 2.20. The number of methoxy groups -OCH3 is 1. The average molecular weight is 187 g/mol.